The lowest BCUT2D eigenvalue weighted by atomic mass is 9.76. The monoisotopic (exact) mass is 281 g/mol. The van der Waals surface area contributed by atoms with Crippen molar-refractivity contribution < 1.29 is 13.9 Å². The highest BCUT2D eigenvalue weighted by Gasteiger charge is 2.41. The van der Waals surface area contributed by atoms with Gasteiger partial charge in [-0.05, 0) is 19.4 Å². The molecule has 0 fully saturated rings. The van der Waals surface area contributed by atoms with Crippen molar-refractivity contribution in [1.82, 2.24) is 0 Å². The maximum atomic E-state index is 14.1. The maximum Gasteiger partial charge on any atom is 0.317 e. The number of esters is 1. The van der Waals surface area contributed by atoms with Crippen LogP contribution >= 0.6 is 0 Å². The van der Waals surface area contributed by atoms with Crippen molar-refractivity contribution in [3.05, 3.63) is 35.6 Å². The number of hydrogen-bond acceptors (Lipinski definition) is 3. The molecule has 0 spiro atoms. The molecule has 0 aromatic heterocycles. The fraction of sp³-hybridized carbons (Fsp3) is 0.562. The Hall–Kier alpha value is -1.42. The molecule has 20 heavy (non-hydrogen) atoms. The quantitative estimate of drug-likeness (QED) is 0.588. The third kappa shape index (κ3) is 3.57. The number of nitrogens with two attached hydrogens (primary N) is 1. The Morgan fingerprint density at radius 3 is 2.55 bits per heavy atom. The molecule has 1 aromatic carbocycles. The summed E-state index contributed by atoms with van der Waals surface area (Å²) in [5, 5.41) is 0. The first-order valence-electron chi connectivity index (χ1n) is 7.24. The molecule has 0 heterocycles. The minimum atomic E-state index is -1.07. The van der Waals surface area contributed by atoms with Crippen LogP contribution in [0.25, 0.3) is 0 Å². The van der Waals surface area contributed by atoms with E-state index in [1.807, 2.05) is 0 Å². The summed E-state index contributed by atoms with van der Waals surface area (Å²) < 4.78 is 19.3. The van der Waals surface area contributed by atoms with Gasteiger partial charge in [0.25, 0.3) is 0 Å². The van der Waals surface area contributed by atoms with E-state index < -0.39 is 17.2 Å². The molecule has 1 rings (SSSR count). The summed E-state index contributed by atoms with van der Waals surface area (Å²) in [6.45, 7) is 4.14. The molecule has 0 aliphatic carbocycles. The zero-order valence-electron chi connectivity index (χ0n) is 12.3. The van der Waals surface area contributed by atoms with Crippen LogP contribution in [-0.2, 0) is 14.9 Å². The largest absolute Gasteiger partial charge is 0.465 e. The van der Waals surface area contributed by atoms with Crippen molar-refractivity contribution in [1.29, 1.82) is 0 Å². The fourth-order valence-electron chi connectivity index (χ4n) is 2.44. The van der Waals surface area contributed by atoms with Gasteiger partial charge in [0.15, 0.2) is 0 Å². The second-order valence-corrected chi connectivity index (χ2v) is 4.94. The molecule has 112 valence electrons. The van der Waals surface area contributed by atoms with E-state index in [0.29, 0.717) is 12.0 Å². The van der Waals surface area contributed by atoms with E-state index in [0.717, 1.165) is 19.3 Å². The van der Waals surface area contributed by atoms with Gasteiger partial charge in [-0.2, -0.15) is 0 Å². The van der Waals surface area contributed by atoms with Gasteiger partial charge in [-0.25, -0.2) is 4.39 Å². The molecule has 1 unspecified atom stereocenters. The molecule has 4 heteroatoms. The molecule has 0 aliphatic heterocycles. The zero-order valence-corrected chi connectivity index (χ0v) is 12.3. The number of carbonyl (C=O) groups excluding carboxylic acids is 1. The summed E-state index contributed by atoms with van der Waals surface area (Å²) in [4.78, 5) is 12.4. The molecular weight excluding hydrogens is 257 g/mol. The summed E-state index contributed by atoms with van der Waals surface area (Å²) in [6, 6.07) is 6.32. The highest BCUT2D eigenvalue weighted by Crippen LogP contribution is 2.33. The highest BCUT2D eigenvalue weighted by molar-refractivity contribution is 5.83. The van der Waals surface area contributed by atoms with E-state index in [1.165, 1.54) is 6.07 Å². The average molecular weight is 281 g/mol. The number of rotatable bonds is 8. The fourth-order valence-corrected chi connectivity index (χ4v) is 2.44. The van der Waals surface area contributed by atoms with E-state index in [2.05, 4.69) is 6.92 Å². The number of unbranched alkanes of at least 4 members (excludes halogenated alkanes) is 2. The molecule has 3 nitrogen and oxygen atoms in total. The van der Waals surface area contributed by atoms with E-state index in [9.17, 15) is 9.18 Å². The Kier molecular flexibility index (Phi) is 6.65. The second-order valence-electron chi connectivity index (χ2n) is 4.94. The Morgan fingerprint density at radius 1 is 1.30 bits per heavy atom. The van der Waals surface area contributed by atoms with Crippen LogP contribution in [0.5, 0.6) is 0 Å². The minimum Gasteiger partial charge on any atom is -0.465 e. The van der Waals surface area contributed by atoms with Gasteiger partial charge in [0.05, 0.1) is 6.61 Å². The third-order valence-electron chi connectivity index (χ3n) is 3.61. The van der Waals surface area contributed by atoms with Crippen LogP contribution in [0.15, 0.2) is 24.3 Å². The molecule has 0 amide bonds. The molecule has 1 atom stereocenters. The number of carbonyl (C=O) groups is 1. The molecule has 1 aromatic rings. The van der Waals surface area contributed by atoms with Gasteiger partial charge >= 0.3 is 5.97 Å². The first-order chi connectivity index (χ1) is 9.62. The third-order valence-corrected chi connectivity index (χ3v) is 3.61. The lowest BCUT2D eigenvalue weighted by Gasteiger charge is -2.31. The molecule has 0 aliphatic rings. The van der Waals surface area contributed by atoms with Crippen LogP contribution in [0.4, 0.5) is 4.39 Å². The summed E-state index contributed by atoms with van der Waals surface area (Å²) in [6.07, 6.45) is 3.34. The van der Waals surface area contributed by atoms with Crippen molar-refractivity contribution in [3.63, 3.8) is 0 Å². The minimum absolute atomic E-state index is 0.0521. The van der Waals surface area contributed by atoms with Crippen LogP contribution < -0.4 is 5.73 Å². The van der Waals surface area contributed by atoms with Crippen LogP contribution in [-0.4, -0.2) is 19.1 Å². The van der Waals surface area contributed by atoms with E-state index in [1.54, 1.807) is 25.1 Å². The number of halogens is 1. The molecule has 0 radical (unpaired) electrons. The van der Waals surface area contributed by atoms with Gasteiger partial charge in [-0.15, -0.1) is 0 Å². The van der Waals surface area contributed by atoms with Crippen LogP contribution in [0.3, 0.4) is 0 Å². The van der Waals surface area contributed by atoms with Gasteiger partial charge in [0.1, 0.15) is 11.2 Å². The van der Waals surface area contributed by atoms with Gasteiger partial charge in [-0.3, -0.25) is 4.79 Å². The van der Waals surface area contributed by atoms with Gasteiger partial charge in [-0.1, -0.05) is 44.4 Å². The lowest BCUT2D eigenvalue weighted by molar-refractivity contribution is -0.150. The van der Waals surface area contributed by atoms with Crippen LogP contribution in [0.1, 0.15) is 45.1 Å². The predicted molar refractivity (Wildman–Crippen MR) is 77.9 cm³/mol. The Balaban J connectivity index is 3.16. The van der Waals surface area contributed by atoms with E-state index in [4.69, 9.17) is 10.5 Å². The molecule has 0 saturated carbocycles. The van der Waals surface area contributed by atoms with E-state index in [-0.39, 0.29) is 13.2 Å². The topological polar surface area (TPSA) is 52.3 Å². The molecular formula is C16H24FNO2. The summed E-state index contributed by atoms with van der Waals surface area (Å²) >= 11 is 0. The van der Waals surface area contributed by atoms with Crippen molar-refractivity contribution >= 4 is 5.97 Å². The Labute approximate surface area is 120 Å². The van der Waals surface area contributed by atoms with Gasteiger partial charge < -0.3 is 10.5 Å². The number of hydrogen-bond donors (Lipinski definition) is 1. The molecule has 0 saturated heterocycles. The van der Waals surface area contributed by atoms with Crippen LogP contribution in [0.2, 0.25) is 0 Å². The lowest BCUT2D eigenvalue weighted by Crippen LogP contribution is -2.45. The van der Waals surface area contributed by atoms with E-state index >= 15 is 0 Å². The van der Waals surface area contributed by atoms with Crippen molar-refractivity contribution in [2.24, 2.45) is 5.73 Å². The Morgan fingerprint density at radius 2 is 2.00 bits per heavy atom. The maximum absolute atomic E-state index is 14.1. The summed E-state index contributed by atoms with van der Waals surface area (Å²) in [5.41, 5.74) is 5.13. The van der Waals surface area contributed by atoms with Crippen molar-refractivity contribution in [2.45, 2.75) is 44.9 Å². The summed E-state index contributed by atoms with van der Waals surface area (Å²) in [5.74, 6) is -0.828. The van der Waals surface area contributed by atoms with Crippen molar-refractivity contribution in [2.75, 3.05) is 13.2 Å². The normalized spacial score (nSPS) is 13.8. The SMILES string of the molecule is CCCCCC(CN)(C(=O)OCC)c1ccccc1F. The zero-order chi connectivity index (χ0) is 15.0. The second kappa shape index (κ2) is 8.00. The predicted octanol–water partition coefficient (Wildman–Crippen LogP) is 3.17. The smallest absolute Gasteiger partial charge is 0.317 e. The van der Waals surface area contributed by atoms with Gasteiger partial charge in [0.2, 0.25) is 0 Å². The molecule has 2 N–H and O–H groups in total. The number of benzene rings is 1. The summed E-state index contributed by atoms with van der Waals surface area (Å²) in [7, 11) is 0. The molecule has 0 bridgehead atoms. The number of ether oxygens (including phenoxy) is 1. The standard InChI is InChI=1S/C16H24FNO2/c1-3-5-8-11-16(12-18,15(19)20-4-2)13-9-6-7-10-14(13)17/h6-7,9-10H,3-5,8,11-12,18H2,1-2H3. The van der Waals surface area contributed by atoms with Gasteiger partial charge in [0, 0.05) is 12.1 Å². The van der Waals surface area contributed by atoms with Crippen LogP contribution in [0, 0.1) is 5.82 Å². The average Bonchev–Trinajstić information content (AvgIpc) is 2.45. The Bertz CT molecular complexity index is 436. The first-order valence-corrected chi connectivity index (χ1v) is 7.24. The van der Waals surface area contributed by atoms with Crippen molar-refractivity contribution in [3.8, 4) is 0 Å². The first kappa shape index (κ1) is 16.6. The highest BCUT2D eigenvalue weighted by atomic mass is 19.1.